The summed E-state index contributed by atoms with van der Waals surface area (Å²) in [4.78, 5) is 22.1. The summed E-state index contributed by atoms with van der Waals surface area (Å²) in [6, 6.07) is 2.97. The average Bonchev–Trinajstić information content (AvgIpc) is 2.36. The molecule has 0 radical (unpaired) electrons. The molecule has 0 aromatic heterocycles. The van der Waals surface area contributed by atoms with Gasteiger partial charge in [-0.2, -0.15) is 13.2 Å². The van der Waals surface area contributed by atoms with Crippen LogP contribution in [0.1, 0.15) is 11.1 Å². The van der Waals surface area contributed by atoms with E-state index in [-0.39, 0.29) is 17.8 Å². The number of aryl methyl sites for hydroxylation is 1. The molecule has 0 aliphatic heterocycles. The van der Waals surface area contributed by atoms with Gasteiger partial charge in [0.25, 0.3) is 0 Å². The van der Waals surface area contributed by atoms with Gasteiger partial charge in [0, 0.05) is 12.7 Å². The number of alkyl halides is 3. The Morgan fingerprint density at radius 3 is 2.45 bits per heavy atom. The number of halogens is 3. The maximum atomic E-state index is 12.7. The van der Waals surface area contributed by atoms with Crippen molar-refractivity contribution < 1.29 is 22.8 Å². The van der Waals surface area contributed by atoms with Gasteiger partial charge >= 0.3 is 12.2 Å². The van der Waals surface area contributed by atoms with E-state index in [1.54, 1.807) is 0 Å². The molecular weight excluding hydrogens is 275 g/mol. The van der Waals surface area contributed by atoms with E-state index in [2.05, 4.69) is 10.6 Å². The Morgan fingerprint density at radius 1 is 1.25 bits per heavy atom. The fourth-order valence-electron chi connectivity index (χ4n) is 1.45. The highest BCUT2D eigenvalue weighted by atomic mass is 19.4. The molecule has 0 aliphatic carbocycles. The van der Waals surface area contributed by atoms with E-state index in [0.29, 0.717) is 0 Å². The summed E-state index contributed by atoms with van der Waals surface area (Å²) < 4.78 is 38.1. The molecule has 20 heavy (non-hydrogen) atoms. The minimum atomic E-state index is -4.45. The first kappa shape index (κ1) is 15.8. The number of hydrogen-bond donors (Lipinski definition) is 3. The molecule has 1 aromatic carbocycles. The molecule has 0 aliphatic rings. The van der Waals surface area contributed by atoms with E-state index in [0.717, 1.165) is 6.07 Å². The third-order valence-corrected chi connectivity index (χ3v) is 2.48. The summed E-state index contributed by atoms with van der Waals surface area (Å²) in [5.41, 5.74) is -0.526. The van der Waals surface area contributed by atoms with Crippen LogP contribution in [0.15, 0.2) is 18.2 Å². The number of urea groups is 1. The molecule has 0 spiro atoms. The number of anilines is 1. The highest BCUT2D eigenvalue weighted by molar-refractivity contribution is 5.96. The van der Waals surface area contributed by atoms with Gasteiger partial charge in [-0.05, 0) is 24.6 Å². The highest BCUT2D eigenvalue weighted by Gasteiger charge is 2.32. The largest absolute Gasteiger partial charge is 0.416 e. The molecule has 0 saturated carbocycles. The van der Waals surface area contributed by atoms with Crippen molar-refractivity contribution in [3.8, 4) is 0 Å². The van der Waals surface area contributed by atoms with Crippen LogP contribution in [0, 0.1) is 6.92 Å². The Morgan fingerprint density at radius 2 is 1.90 bits per heavy atom. The Kier molecular flexibility index (Phi) is 4.95. The predicted octanol–water partition coefficient (Wildman–Crippen LogP) is 1.88. The van der Waals surface area contributed by atoms with E-state index in [4.69, 9.17) is 0 Å². The van der Waals surface area contributed by atoms with Crippen LogP contribution in [0.25, 0.3) is 0 Å². The lowest BCUT2D eigenvalue weighted by Gasteiger charge is -2.13. The van der Waals surface area contributed by atoms with E-state index in [1.165, 1.54) is 26.1 Å². The summed E-state index contributed by atoms with van der Waals surface area (Å²) in [6.07, 6.45) is -4.45. The first-order valence-electron chi connectivity index (χ1n) is 5.67. The van der Waals surface area contributed by atoms with Crippen LogP contribution >= 0.6 is 0 Å². The van der Waals surface area contributed by atoms with Gasteiger partial charge in [0.05, 0.1) is 12.1 Å². The van der Waals surface area contributed by atoms with Gasteiger partial charge in [0.2, 0.25) is 5.91 Å². The number of amides is 3. The lowest BCUT2D eigenvalue weighted by atomic mass is 10.1. The molecule has 0 fully saturated rings. The second-order valence-corrected chi connectivity index (χ2v) is 4.01. The van der Waals surface area contributed by atoms with Crippen LogP contribution in [-0.2, 0) is 11.0 Å². The number of carbonyl (C=O) groups is 2. The lowest BCUT2D eigenvalue weighted by Crippen LogP contribution is -2.40. The summed E-state index contributed by atoms with van der Waals surface area (Å²) >= 11 is 0. The average molecular weight is 289 g/mol. The molecule has 3 amide bonds. The molecule has 0 bridgehead atoms. The minimum Gasteiger partial charge on any atom is -0.376 e. The van der Waals surface area contributed by atoms with Crippen LogP contribution in [0.3, 0.4) is 0 Å². The van der Waals surface area contributed by atoms with Gasteiger partial charge in [0.1, 0.15) is 0 Å². The number of hydrogen-bond acceptors (Lipinski definition) is 3. The number of carbonyl (C=O) groups excluding carboxylic acids is 2. The molecule has 110 valence electrons. The van der Waals surface area contributed by atoms with Crippen molar-refractivity contribution in [2.45, 2.75) is 13.1 Å². The zero-order chi connectivity index (χ0) is 15.3. The third-order valence-electron chi connectivity index (χ3n) is 2.48. The number of rotatable bonds is 3. The van der Waals surface area contributed by atoms with E-state index < -0.39 is 23.7 Å². The van der Waals surface area contributed by atoms with Crippen molar-refractivity contribution in [2.24, 2.45) is 0 Å². The number of imide groups is 1. The quantitative estimate of drug-likeness (QED) is 0.795. The maximum Gasteiger partial charge on any atom is 0.416 e. The Bertz CT molecular complexity index is 515. The number of nitrogens with one attached hydrogen (secondary N) is 3. The second-order valence-electron chi connectivity index (χ2n) is 4.01. The molecule has 1 rings (SSSR count). The minimum absolute atomic E-state index is 0.0952. The van der Waals surface area contributed by atoms with Crippen molar-refractivity contribution in [1.29, 1.82) is 0 Å². The van der Waals surface area contributed by atoms with Gasteiger partial charge in [0.15, 0.2) is 0 Å². The normalized spacial score (nSPS) is 10.8. The lowest BCUT2D eigenvalue weighted by molar-refractivity contribution is -0.138. The summed E-state index contributed by atoms with van der Waals surface area (Å²) in [5, 5.41) is 6.69. The van der Waals surface area contributed by atoms with Crippen molar-refractivity contribution in [3.63, 3.8) is 0 Å². The molecular formula is C12H14F3N3O2. The predicted molar refractivity (Wildman–Crippen MR) is 67.3 cm³/mol. The smallest absolute Gasteiger partial charge is 0.376 e. The van der Waals surface area contributed by atoms with Crippen LogP contribution in [0.2, 0.25) is 0 Å². The standard InChI is InChI=1S/C12H14F3N3O2/c1-7-3-4-8(5-9(7)12(13,14)15)17-6-10(19)18-11(20)16-2/h3-5,17H,6H2,1-2H3,(H2,16,18,19,20). The van der Waals surface area contributed by atoms with Crippen LogP contribution < -0.4 is 16.0 Å². The summed E-state index contributed by atoms with van der Waals surface area (Å²) in [5.74, 6) is -0.654. The fraction of sp³-hybridized carbons (Fsp3) is 0.333. The van der Waals surface area contributed by atoms with Gasteiger partial charge in [-0.25, -0.2) is 4.79 Å². The van der Waals surface area contributed by atoms with E-state index in [1.807, 2.05) is 5.32 Å². The summed E-state index contributed by atoms with van der Waals surface area (Å²) in [7, 11) is 1.34. The SMILES string of the molecule is CNC(=O)NC(=O)CNc1ccc(C)c(C(F)(F)F)c1. The Hall–Kier alpha value is -2.25. The van der Waals surface area contributed by atoms with Crippen molar-refractivity contribution >= 4 is 17.6 Å². The Labute approximate surface area is 113 Å². The monoisotopic (exact) mass is 289 g/mol. The van der Waals surface area contributed by atoms with Crippen molar-refractivity contribution in [3.05, 3.63) is 29.3 Å². The van der Waals surface area contributed by atoms with Crippen LogP contribution in [-0.4, -0.2) is 25.5 Å². The third kappa shape index (κ3) is 4.45. The summed E-state index contributed by atoms with van der Waals surface area (Å²) in [6.45, 7) is 1.04. The van der Waals surface area contributed by atoms with Crippen molar-refractivity contribution in [1.82, 2.24) is 10.6 Å². The van der Waals surface area contributed by atoms with Gasteiger partial charge < -0.3 is 10.6 Å². The molecule has 5 nitrogen and oxygen atoms in total. The van der Waals surface area contributed by atoms with Gasteiger partial charge in [-0.15, -0.1) is 0 Å². The van der Waals surface area contributed by atoms with Gasteiger partial charge in [-0.1, -0.05) is 6.07 Å². The first-order valence-corrected chi connectivity index (χ1v) is 5.67. The zero-order valence-corrected chi connectivity index (χ0v) is 10.9. The zero-order valence-electron chi connectivity index (χ0n) is 10.9. The maximum absolute atomic E-state index is 12.7. The molecule has 8 heteroatoms. The molecule has 0 saturated heterocycles. The fourth-order valence-corrected chi connectivity index (χ4v) is 1.45. The molecule has 1 aromatic rings. The molecule has 0 atom stereocenters. The van der Waals surface area contributed by atoms with Crippen LogP contribution in [0.4, 0.5) is 23.7 Å². The topological polar surface area (TPSA) is 70.2 Å². The van der Waals surface area contributed by atoms with E-state index >= 15 is 0 Å². The molecule has 0 heterocycles. The van der Waals surface area contributed by atoms with Crippen molar-refractivity contribution in [2.75, 3.05) is 18.9 Å². The first-order chi connectivity index (χ1) is 9.24. The molecule has 3 N–H and O–H groups in total. The highest BCUT2D eigenvalue weighted by Crippen LogP contribution is 2.33. The van der Waals surface area contributed by atoms with E-state index in [9.17, 15) is 22.8 Å². The second kappa shape index (κ2) is 6.27. The Balaban J connectivity index is 2.70. The molecule has 0 unspecified atom stereocenters. The number of benzene rings is 1. The van der Waals surface area contributed by atoms with Gasteiger partial charge in [-0.3, -0.25) is 10.1 Å². The van der Waals surface area contributed by atoms with Crippen LogP contribution in [0.5, 0.6) is 0 Å².